The average Bonchev–Trinajstić information content (AvgIpc) is 2.18. The van der Waals surface area contributed by atoms with Crippen molar-refractivity contribution in [2.75, 3.05) is 7.11 Å². The Morgan fingerprint density at radius 3 is 2.85 bits per heavy atom. The summed E-state index contributed by atoms with van der Waals surface area (Å²) in [5.74, 6) is 1.45. The van der Waals surface area contributed by atoms with Crippen molar-refractivity contribution >= 4 is 0 Å². The maximum Gasteiger partial charge on any atom is 0.119 e. The molecule has 1 radical (unpaired) electrons. The molecule has 0 aliphatic rings. The molecule has 0 fully saturated rings. The quantitative estimate of drug-likeness (QED) is 0.684. The molecule has 13 heavy (non-hydrogen) atoms. The smallest absolute Gasteiger partial charge is 0.119 e. The standard InChI is InChI=1S/C12H17O/c1-4-6-10(2)11-7-5-8-12(9-11)13-3/h5-10H,4H2,1-3H3. The molecule has 1 rings (SSSR count). The molecule has 1 aromatic rings. The maximum atomic E-state index is 5.17. The first-order valence-electron chi connectivity index (χ1n) is 4.75. The third-order valence-electron chi connectivity index (χ3n) is 2.21. The molecule has 0 N–H and O–H groups in total. The van der Waals surface area contributed by atoms with Crippen molar-refractivity contribution in [3.8, 4) is 5.75 Å². The fourth-order valence-electron chi connectivity index (χ4n) is 1.41. The number of methoxy groups -OCH3 is 1. The minimum Gasteiger partial charge on any atom is -0.497 e. The normalized spacial score (nSPS) is 12.5. The summed E-state index contributed by atoms with van der Waals surface area (Å²) in [5.41, 5.74) is 1.32. The van der Waals surface area contributed by atoms with Crippen LogP contribution in [0.15, 0.2) is 24.3 Å². The van der Waals surface area contributed by atoms with Gasteiger partial charge in [-0.2, -0.15) is 0 Å². The molecule has 0 aliphatic carbocycles. The Morgan fingerprint density at radius 1 is 1.46 bits per heavy atom. The monoisotopic (exact) mass is 177 g/mol. The van der Waals surface area contributed by atoms with E-state index in [1.54, 1.807) is 7.11 Å². The molecule has 1 unspecified atom stereocenters. The fourth-order valence-corrected chi connectivity index (χ4v) is 1.41. The van der Waals surface area contributed by atoms with E-state index in [9.17, 15) is 0 Å². The number of hydrogen-bond donors (Lipinski definition) is 0. The van der Waals surface area contributed by atoms with Crippen LogP contribution in [0.4, 0.5) is 0 Å². The second-order valence-corrected chi connectivity index (χ2v) is 3.21. The Bertz CT molecular complexity index is 255. The van der Waals surface area contributed by atoms with Gasteiger partial charge in [-0.25, -0.2) is 0 Å². The highest BCUT2D eigenvalue weighted by Crippen LogP contribution is 2.23. The summed E-state index contributed by atoms with van der Waals surface area (Å²) in [5, 5.41) is 0. The highest BCUT2D eigenvalue weighted by molar-refractivity contribution is 5.31. The first kappa shape index (κ1) is 10.1. The maximum absolute atomic E-state index is 5.17. The van der Waals surface area contributed by atoms with Crippen molar-refractivity contribution < 1.29 is 4.74 Å². The molecule has 0 bridgehead atoms. The van der Waals surface area contributed by atoms with Crippen molar-refractivity contribution in [1.82, 2.24) is 0 Å². The highest BCUT2D eigenvalue weighted by Gasteiger charge is 2.04. The Kier molecular flexibility index (Phi) is 3.81. The number of benzene rings is 1. The van der Waals surface area contributed by atoms with Gasteiger partial charge in [0.05, 0.1) is 7.11 Å². The SMILES string of the molecule is CC[CH]C(C)c1cccc(OC)c1. The van der Waals surface area contributed by atoms with Crippen LogP contribution < -0.4 is 4.74 Å². The van der Waals surface area contributed by atoms with Gasteiger partial charge in [0.25, 0.3) is 0 Å². The van der Waals surface area contributed by atoms with Gasteiger partial charge >= 0.3 is 0 Å². The molecule has 0 aromatic heterocycles. The van der Waals surface area contributed by atoms with Crippen LogP contribution in [0, 0.1) is 6.42 Å². The molecule has 1 nitrogen and oxygen atoms in total. The summed E-state index contributed by atoms with van der Waals surface area (Å²) in [6.07, 6.45) is 3.41. The summed E-state index contributed by atoms with van der Waals surface area (Å²) < 4.78 is 5.17. The Hall–Kier alpha value is -0.980. The van der Waals surface area contributed by atoms with Gasteiger partial charge in [-0.1, -0.05) is 32.4 Å². The zero-order chi connectivity index (χ0) is 9.68. The lowest BCUT2D eigenvalue weighted by Gasteiger charge is -2.10. The van der Waals surface area contributed by atoms with Gasteiger partial charge in [0.15, 0.2) is 0 Å². The summed E-state index contributed by atoms with van der Waals surface area (Å²) in [6, 6.07) is 8.24. The summed E-state index contributed by atoms with van der Waals surface area (Å²) in [4.78, 5) is 0. The third kappa shape index (κ3) is 2.76. The first-order valence-corrected chi connectivity index (χ1v) is 4.75. The van der Waals surface area contributed by atoms with Crippen LogP contribution in [-0.2, 0) is 0 Å². The molecule has 1 aromatic carbocycles. The lowest BCUT2D eigenvalue weighted by Crippen LogP contribution is -1.94. The minimum atomic E-state index is 0.514. The van der Waals surface area contributed by atoms with Crippen molar-refractivity contribution in [3.05, 3.63) is 36.2 Å². The summed E-state index contributed by atoms with van der Waals surface area (Å²) in [7, 11) is 1.70. The number of rotatable bonds is 4. The Morgan fingerprint density at radius 2 is 2.23 bits per heavy atom. The molecule has 0 spiro atoms. The second-order valence-electron chi connectivity index (χ2n) is 3.21. The number of hydrogen-bond acceptors (Lipinski definition) is 1. The lowest BCUT2D eigenvalue weighted by atomic mass is 9.96. The Balaban J connectivity index is 2.75. The topological polar surface area (TPSA) is 9.23 Å². The van der Waals surface area contributed by atoms with E-state index >= 15 is 0 Å². The van der Waals surface area contributed by atoms with Crippen LogP contribution in [0.2, 0.25) is 0 Å². The van der Waals surface area contributed by atoms with Crippen LogP contribution in [-0.4, -0.2) is 7.11 Å². The van der Waals surface area contributed by atoms with Crippen molar-refractivity contribution in [2.45, 2.75) is 26.2 Å². The van der Waals surface area contributed by atoms with Crippen LogP contribution in [0.1, 0.15) is 31.7 Å². The zero-order valence-electron chi connectivity index (χ0n) is 8.58. The molecule has 0 saturated heterocycles. The summed E-state index contributed by atoms with van der Waals surface area (Å²) >= 11 is 0. The molecule has 1 heteroatoms. The predicted octanol–water partition coefficient (Wildman–Crippen LogP) is 3.41. The molecule has 0 amide bonds. The first-order chi connectivity index (χ1) is 6.27. The predicted molar refractivity (Wildman–Crippen MR) is 56.0 cm³/mol. The van der Waals surface area contributed by atoms with Crippen LogP contribution in [0.3, 0.4) is 0 Å². The van der Waals surface area contributed by atoms with E-state index in [0.717, 1.165) is 12.2 Å². The lowest BCUT2D eigenvalue weighted by molar-refractivity contribution is 0.414. The largest absolute Gasteiger partial charge is 0.497 e. The van der Waals surface area contributed by atoms with Gasteiger partial charge in [-0.15, -0.1) is 0 Å². The molecule has 0 aliphatic heterocycles. The van der Waals surface area contributed by atoms with Gasteiger partial charge in [-0.05, 0) is 30.0 Å². The van der Waals surface area contributed by atoms with Gasteiger partial charge in [0.2, 0.25) is 0 Å². The van der Waals surface area contributed by atoms with Gasteiger partial charge < -0.3 is 4.74 Å². The fraction of sp³-hybridized carbons (Fsp3) is 0.417. The van der Waals surface area contributed by atoms with Crippen LogP contribution in [0.25, 0.3) is 0 Å². The van der Waals surface area contributed by atoms with Gasteiger partial charge in [0.1, 0.15) is 5.75 Å². The van der Waals surface area contributed by atoms with E-state index in [1.807, 2.05) is 12.1 Å². The minimum absolute atomic E-state index is 0.514. The molecular weight excluding hydrogens is 160 g/mol. The van der Waals surface area contributed by atoms with E-state index < -0.39 is 0 Å². The van der Waals surface area contributed by atoms with Crippen LogP contribution >= 0.6 is 0 Å². The van der Waals surface area contributed by atoms with E-state index in [0.29, 0.717) is 5.92 Å². The van der Waals surface area contributed by atoms with E-state index in [4.69, 9.17) is 4.74 Å². The zero-order valence-corrected chi connectivity index (χ0v) is 8.58. The molecular formula is C12H17O. The average molecular weight is 177 g/mol. The van der Waals surface area contributed by atoms with Gasteiger partial charge in [-0.3, -0.25) is 0 Å². The third-order valence-corrected chi connectivity index (χ3v) is 2.21. The summed E-state index contributed by atoms with van der Waals surface area (Å²) in [6.45, 7) is 4.37. The van der Waals surface area contributed by atoms with E-state index in [2.05, 4.69) is 32.4 Å². The number of ether oxygens (including phenoxy) is 1. The molecule has 0 heterocycles. The van der Waals surface area contributed by atoms with Crippen molar-refractivity contribution in [2.24, 2.45) is 0 Å². The van der Waals surface area contributed by atoms with Crippen LogP contribution in [0.5, 0.6) is 5.75 Å². The Labute approximate surface area is 80.7 Å². The molecule has 71 valence electrons. The van der Waals surface area contributed by atoms with Crippen molar-refractivity contribution in [3.63, 3.8) is 0 Å². The highest BCUT2D eigenvalue weighted by atomic mass is 16.5. The van der Waals surface area contributed by atoms with E-state index in [-0.39, 0.29) is 0 Å². The van der Waals surface area contributed by atoms with E-state index in [1.165, 1.54) is 5.56 Å². The molecule has 0 saturated carbocycles. The van der Waals surface area contributed by atoms with Crippen molar-refractivity contribution in [1.29, 1.82) is 0 Å². The molecule has 1 atom stereocenters. The second kappa shape index (κ2) is 4.90. The van der Waals surface area contributed by atoms with Gasteiger partial charge in [0, 0.05) is 0 Å².